The average molecular weight is 281 g/mol. The van der Waals surface area contributed by atoms with Crippen molar-refractivity contribution in [1.82, 2.24) is 0 Å². The summed E-state index contributed by atoms with van der Waals surface area (Å²) >= 11 is 0. The van der Waals surface area contributed by atoms with Gasteiger partial charge >= 0.3 is 0 Å². The third-order valence-corrected chi connectivity index (χ3v) is 3.57. The highest BCUT2D eigenvalue weighted by atomic mass is 16.6. The van der Waals surface area contributed by atoms with E-state index < -0.39 is 11.0 Å². The minimum Gasteiger partial charge on any atom is -0.491 e. The molecule has 20 heavy (non-hydrogen) atoms. The van der Waals surface area contributed by atoms with Crippen molar-refractivity contribution in [3.05, 3.63) is 34.4 Å². The number of hydrogen-bond donors (Lipinski definition) is 2. The first-order chi connectivity index (χ1) is 9.65. The summed E-state index contributed by atoms with van der Waals surface area (Å²) in [4.78, 5) is 11.5. The van der Waals surface area contributed by atoms with Gasteiger partial charge in [-0.2, -0.15) is 0 Å². The SMILES string of the molecule is O=[N+]([O-])c1ccc(OC[C@@H](O)C[NH+]2CCCCC2)cc1. The maximum absolute atomic E-state index is 10.5. The van der Waals surface area contributed by atoms with E-state index in [2.05, 4.69) is 0 Å². The summed E-state index contributed by atoms with van der Waals surface area (Å²) in [6, 6.07) is 5.91. The van der Waals surface area contributed by atoms with Gasteiger partial charge in [0.1, 0.15) is 25.0 Å². The zero-order chi connectivity index (χ0) is 14.4. The Morgan fingerprint density at radius 2 is 1.90 bits per heavy atom. The molecule has 1 heterocycles. The monoisotopic (exact) mass is 281 g/mol. The van der Waals surface area contributed by atoms with Gasteiger partial charge in [0.05, 0.1) is 18.0 Å². The lowest BCUT2D eigenvalue weighted by molar-refractivity contribution is -0.908. The van der Waals surface area contributed by atoms with Crippen molar-refractivity contribution in [2.45, 2.75) is 25.4 Å². The largest absolute Gasteiger partial charge is 0.491 e. The maximum atomic E-state index is 10.5. The Morgan fingerprint density at radius 1 is 1.25 bits per heavy atom. The lowest BCUT2D eigenvalue weighted by Gasteiger charge is -2.25. The molecule has 0 radical (unpaired) electrons. The number of rotatable bonds is 6. The fourth-order valence-electron chi connectivity index (χ4n) is 2.50. The van der Waals surface area contributed by atoms with Crippen LogP contribution in [0.15, 0.2) is 24.3 Å². The van der Waals surface area contributed by atoms with E-state index in [0.717, 1.165) is 13.1 Å². The smallest absolute Gasteiger partial charge is 0.269 e. The molecule has 110 valence electrons. The second-order valence-corrected chi connectivity index (χ2v) is 5.23. The molecular formula is C14H21N2O4+. The molecule has 1 saturated heterocycles. The first kappa shape index (κ1) is 14.7. The maximum Gasteiger partial charge on any atom is 0.269 e. The van der Waals surface area contributed by atoms with Crippen molar-refractivity contribution < 1.29 is 19.7 Å². The fourth-order valence-corrected chi connectivity index (χ4v) is 2.50. The van der Waals surface area contributed by atoms with Gasteiger partial charge in [-0.3, -0.25) is 10.1 Å². The number of nitrogens with one attached hydrogen (secondary N) is 1. The summed E-state index contributed by atoms with van der Waals surface area (Å²) in [7, 11) is 0. The highest BCUT2D eigenvalue weighted by Crippen LogP contribution is 2.17. The number of nitro benzene ring substituents is 1. The van der Waals surface area contributed by atoms with Gasteiger partial charge in [-0.1, -0.05) is 0 Å². The van der Waals surface area contributed by atoms with Crippen molar-refractivity contribution in [1.29, 1.82) is 0 Å². The molecule has 6 heteroatoms. The Morgan fingerprint density at radius 3 is 2.50 bits per heavy atom. The van der Waals surface area contributed by atoms with E-state index in [4.69, 9.17) is 4.74 Å². The lowest BCUT2D eigenvalue weighted by Crippen LogP contribution is -3.14. The molecule has 2 N–H and O–H groups in total. The highest BCUT2D eigenvalue weighted by Gasteiger charge is 2.18. The number of likely N-dealkylation sites (tertiary alicyclic amines) is 1. The van der Waals surface area contributed by atoms with Crippen molar-refractivity contribution in [2.75, 3.05) is 26.2 Å². The molecular weight excluding hydrogens is 260 g/mol. The molecule has 0 amide bonds. The first-order valence-electron chi connectivity index (χ1n) is 7.04. The summed E-state index contributed by atoms with van der Waals surface area (Å²) in [6.07, 6.45) is 3.24. The number of aliphatic hydroxyl groups is 1. The minimum absolute atomic E-state index is 0.0376. The van der Waals surface area contributed by atoms with Crippen LogP contribution in [0.3, 0.4) is 0 Å². The van der Waals surface area contributed by atoms with Crippen molar-refractivity contribution in [3.63, 3.8) is 0 Å². The number of nitrogens with zero attached hydrogens (tertiary/aromatic N) is 1. The zero-order valence-corrected chi connectivity index (χ0v) is 11.5. The fraction of sp³-hybridized carbons (Fsp3) is 0.571. The number of ether oxygens (including phenoxy) is 1. The molecule has 0 bridgehead atoms. The highest BCUT2D eigenvalue weighted by molar-refractivity contribution is 5.35. The van der Waals surface area contributed by atoms with Crippen LogP contribution < -0.4 is 9.64 Å². The Balaban J connectivity index is 1.74. The van der Waals surface area contributed by atoms with Gasteiger partial charge in [-0.25, -0.2) is 0 Å². The van der Waals surface area contributed by atoms with E-state index in [9.17, 15) is 15.2 Å². The number of hydrogen-bond acceptors (Lipinski definition) is 4. The Bertz CT molecular complexity index is 429. The van der Waals surface area contributed by atoms with Gasteiger partial charge in [0.25, 0.3) is 5.69 Å². The second kappa shape index (κ2) is 7.21. The normalized spacial score (nSPS) is 17.6. The van der Waals surface area contributed by atoms with Gasteiger partial charge in [0.2, 0.25) is 0 Å². The van der Waals surface area contributed by atoms with Crippen LogP contribution in [-0.2, 0) is 0 Å². The van der Waals surface area contributed by atoms with Crippen LogP contribution in [0.2, 0.25) is 0 Å². The van der Waals surface area contributed by atoms with Gasteiger partial charge in [-0.05, 0) is 31.4 Å². The third kappa shape index (κ3) is 4.47. The molecule has 1 aromatic carbocycles. The molecule has 1 aromatic rings. The van der Waals surface area contributed by atoms with E-state index in [-0.39, 0.29) is 12.3 Å². The number of quaternary nitrogens is 1. The van der Waals surface area contributed by atoms with Crippen molar-refractivity contribution in [3.8, 4) is 5.75 Å². The Kier molecular flexibility index (Phi) is 5.31. The summed E-state index contributed by atoms with van der Waals surface area (Å²) in [5.74, 6) is 0.545. The van der Waals surface area contributed by atoms with Crippen LogP contribution in [-0.4, -0.2) is 42.4 Å². The van der Waals surface area contributed by atoms with Gasteiger partial charge in [0.15, 0.2) is 0 Å². The standard InChI is InChI=1S/C14H20N2O4/c17-13(10-15-8-2-1-3-9-15)11-20-14-6-4-12(5-7-14)16(18)19/h4-7,13,17H,1-3,8-11H2/p+1/t13-/m0/s1. The number of benzene rings is 1. The number of nitro groups is 1. The topological polar surface area (TPSA) is 77.0 Å². The van der Waals surface area contributed by atoms with Crippen LogP contribution in [0.5, 0.6) is 5.75 Å². The van der Waals surface area contributed by atoms with Crippen molar-refractivity contribution in [2.24, 2.45) is 0 Å². The van der Waals surface area contributed by atoms with Crippen LogP contribution in [0.25, 0.3) is 0 Å². The molecule has 0 aliphatic carbocycles. The number of non-ortho nitro benzene ring substituents is 1. The molecule has 0 aromatic heterocycles. The summed E-state index contributed by atoms with van der Waals surface area (Å²) in [5, 5.41) is 20.5. The summed E-state index contributed by atoms with van der Waals surface area (Å²) < 4.78 is 5.46. The average Bonchev–Trinajstić information content (AvgIpc) is 2.46. The van der Waals surface area contributed by atoms with Crippen molar-refractivity contribution >= 4 is 5.69 Å². The third-order valence-electron chi connectivity index (χ3n) is 3.57. The summed E-state index contributed by atoms with van der Waals surface area (Å²) in [5.41, 5.74) is 0.0376. The van der Waals surface area contributed by atoms with Gasteiger partial charge in [-0.15, -0.1) is 0 Å². The van der Waals surface area contributed by atoms with Crippen LogP contribution >= 0.6 is 0 Å². The second-order valence-electron chi connectivity index (χ2n) is 5.23. The van der Waals surface area contributed by atoms with E-state index in [1.165, 1.54) is 36.3 Å². The van der Waals surface area contributed by atoms with E-state index in [1.54, 1.807) is 12.1 Å². The molecule has 0 unspecified atom stereocenters. The molecule has 1 aliphatic heterocycles. The van der Waals surface area contributed by atoms with Gasteiger partial charge in [0, 0.05) is 12.1 Å². The molecule has 0 spiro atoms. The predicted molar refractivity (Wildman–Crippen MR) is 74.0 cm³/mol. The molecule has 6 nitrogen and oxygen atoms in total. The number of piperidine rings is 1. The minimum atomic E-state index is -0.502. The van der Waals surface area contributed by atoms with Crippen LogP contribution in [0.1, 0.15) is 19.3 Å². The lowest BCUT2D eigenvalue weighted by atomic mass is 10.1. The van der Waals surface area contributed by atoms with E-state index in [0.29, 0.717) is 12.3 Å². The number of aliphatic hydroxyl groups excluding tert-OH is 1. The van der Waals surface area contributed by atoms with E-state index >= 15 is 0 Å². The van der Waals surface area contributed by atoms with E-state index in [1.807, 2.05) is 0 Å². The van der Waals surface area contributed by atoms with Crippen LogP contribution in [0.4, 0.5) is 5.69 Å². The Labute approximate surface area is 118 Å². The molecule has 1 aliphatic rings. The van der Waals surface area contributed by atoms with Crippen LogP contribution in [0, 0.1) is 10.1 Å². The quantitative estimate of drug-likeness (QED) is 0.584. The predicted octanol–water partition coefficient (Wildman–Crippen LogP) is 0.403. The molecule has 0 saturated carbocycles. The molecule has 2 rings (SSSR count). The Hall–Kier alpha value is -1.66. The first-order valence-corrected chi connectivity index (χ1v) is 7.04. The molecule has 1 atom stereocenters. The zero-order valence-electron chi connectivity index (χ0n) is 11.5. The van der Waals surface area contributed by atoms with Gasteiger partial charge < -0.3 is 14.7 Å². The molecule has 1 fully saturated rings. The summed E-state index contributed by atoms with van der Waals surface area (Å²) in [6.45, 7) is 3.16.